The Morgan fingerprint density at radius 1 is 1.50 bits per heavy atom. The van der Waals surface area contributed by atoms with Crippen molar-refractivity contribution in [1.29, 1.82) is 0 Å². The van der Waals surface area contributed by atoms with Gasteiger partial charge in [-0.2, -0.15) is 0 Å². The van der Waals surface area contributed by atoms with E-state index in [4.69, 9.17) is 4.74 Å². The van der Waals surface area contributed by atoms with Gasteiger partial charge in [0.15, 0.2) is 0 Å². The number of benzene rings is 1. The maximum Gasteiger partial charge on any atom is 0.125 e. The van der Waals surface area contributed by atoms with Crippen LogP contribution in [0.1, 0.15) is 13.3 Å². The molecule has 1 aromatic carbocycles. The third kappa shape index (κ3) is 3.21. The molecule has 0 bridgehead atoms. The fourth-order valence-corrected chi connectivity index (χ4v) is 2.33. The average molecular weight is 253 g/mol. The first kappa shape index (κ1) is 13.3. The standard InChI is InChI=1S/C14H20FNO2/c1-2-16(13-5-3-4-12(15)8-13)9-11-10-18-7-6-14(11)17/h3-5,8,11,14,17H,2,6-7,9-10H2,1H3. The van der Waals surface area contributed by atoms with Gasteiger partial charge < -0.3 is 14.7 Å². The summed E-state index contributed by atoms with van der Waals surface area (Å²) in [4.78, 5) is 2.08. The predicted octanol–water partition coefficient (Wildman–Crippen LogP) is 2.05. The van der Waals surface area contributed by atoms with E-state index in [0.29, 0.717) is 26.2 Å². The lowest BCUT2D eigenvalue weighted by atomic mass is 9.98. The van der Waals surface area contributed by atoms with Gasteiger partial charge in [0.25, 0.3) is 0 Å². The molecule has 1 fully saturated rings. The maximum atomic E-state index is 13.2. The molecule has 2 atom stereocenters. The zero-order chi connectivity index (χ0) is 13.0. The topological polar surface area (TPSA) is 32.7 Å². The molecular formula is C14H20FNO2. The van der Waals surface area contributed by atoms with Gasteiger partial charge in [0.1, 0.15) is 5.82 Å². The molecular weight excluding hydrogens is 233 g/mol. The summed E-state index contributed by atoms with van der Waals surface area (Å²) in [5, 5.41) is 9.93. The first-order valence-corrected chi connectivity index (χ1v) is 6.47. The van der Waals surface area contributed by atoms with E-state index in [-0.39, 0.29) is 17.8 Å². The molecule has 0 aromatic heterocycles. The molecule has 100 valence electrons. The molecule has 0 aliphatic carbocycles. The van der Waals surface area contributed by atoms with Crippen molar-refractivity contribution >= 4 is 5.69 Å². The molecule has 0 spiro atoms. The van der Waals surface area contributed by atoms with Gasteiger partial charge >= 0.3 is 0 Å². The quantitative estimate of drug-likeness (QED) is 0.891. The van der Waals surface area contributed by atoms with Gasteiger partial charge in [-0.15, -0.1) is 0 Å². The monoisotopic (exact) mass is 253 g/mol. The second-order valence-electron chi connectivity index (χ2n) is 4.71. The van der Waals surface area contributed by atoms with Crippen molar-refractivity contribution in [2.45, 2.75) is 19.4 Å². The van der Waals surface area contributed by atoms with E-state index in [1.807, 2.05) is 13.0 Å². The highest BCUT2D eigenvalue weighted by Crippen LogP contribution is 2.21. The molecule has 18 heavy (non-hydrogen) atoms. The molecule has 4 heteroatoms. The van der Waals surface area contributed by atoms with Gasteiger partial charge in [-0.1, -0.05) is 6.07 Å². The lowest BCUT2D eigenvalue weighted by Gasteiger charge is -2.33. The zero-order valence-electron chi connectivity index (χ0n) is 10.7. The summed E-state index contributed by atoms with van der Waals surface area (Å²) < 4.78 is 18.6. The average Bonchev–Trinajstić information content (AvgIpc) is 2.38. The number of aliphatic hydroxyl groups is 1. The molecule has 0 radical (unpaired) electrons. The van der Waals surface area contributed by atoms with Crippen molar-refractivity contribution in [3.8, 4) is 0 Å². The lowest BCUT2D eigenvalue weighted by Crippen LogP contribution is -2.41. The van der Waals surface area contributed by atoms with Crippen LogP contribution in [0.15, 0.2) is 24.3 Å². The Hall–Kier alpha value is -1.13. The van der Waals surface area contributed by atoms with Crippen LogP contribution >= 0.6 is 0 Å². The van der Waals surface area contributed by atoms with Crippen molar-refractivity contribution in [2.75, 3.05) is 31.2 Å². The minimum Gasteiger partial charge on any atom is -0.393 e. The molecule has 0 saturated carbocycles. The Balaban J connectivity index is 2.04. The summed E-state index contributed by atoms with van der Waals surface area (Å²) in [5.41, 5.74) is 0.857. The van der Waals surface area contributed by atoms with Crippen molar-refractivity contribution in [2.24, 2.45) is 5.92 Å². The van der Waals surface area contributed by atoms with Crippen LogP contribution in [0, 0.1) is 11.7 Å². The van der Waals surface area contributed by atoms with E-state index >= 15 is 0 Å². The molecule has 1 aromatic rings. The van der Waals surface area contributed by atoms with E-state index in [0.717, 1.165) is 12.2 Å². The van der Waals surface area contributed by atoms with Crippen molar-refractivity contribution in [3.63, 3.8) is 0 Å². The SMILES string of the molecule is CCN(CC1COCCC1O)c1cccc(F)c1. The Morgan fingerprint density at radius 2 is 2.33 bits per heavy atom. The van der Waals surface area contributed by atoms with Crippen molar-refractivity contribution < 1.29 is 14.2 Å². The summed E-state index contributed by atoms with van der Waals surface area (Å²) in [7, 11) is 0. The smallest absolute Gasteiger partial charge is 0.125 e. The van der Waals surface area contributed by atoms with Gasteiger partial charge in [-0.05, 0) is 31.5 Å². The van der Waals surface area contributed by atoms with Gasteiger partial charge in [-0.3, -0.25) is 0 Å². The van der Waals surface area contributed by atoms with Crippen LogP contribution < -0.4 is 4.90 Å². The third-order valence-corrected chi connectivity index (χ3v) is 3.44. The molecule has 1 aliphatic rings. The first-order chi connectivity index (χ1) is 8.70. The van der Waals surface area contributed by atoms with Crippen LogP contribution in [0.25, 0.3) is 0 Å². The van der Waals surface area contributed by atoms with Crippen molar-refractivity contribution in [3.05, 3.63) is 30.1 Å². The van der Waals surface area contributed by atoms with E-state index in [1.54, 1.807) is 6.07 Å². The number of halogens is 1. The molecule has 1 N–H and O–H groups in total. The molecule has 1 aliphatic heterocycles. The molecule has 2 rings (SSSR count). The van der Waals surface area contributed by atoms with Gasteiger partial charge in [0, 0.05) is 31.3 Å². The first-order valence-electron chi connectivity index (χ1n) is 6.47. The number of nitrogens with zero attached hydrogens (tertiary/aromatic N) is 1. The van der Waals surface area contributed by atoms with Crippen LogP contribution in [-0.2, 0) is 4.74 Å². The molecule has 0 amide bonds. The molecule has 1 heterocycles. The fourth-order valence-electron chi connectivity index (χ4n) is 2.33. The number of hydrogen-bond donors (Lipinski definition) is 1. The van der Waals surface area contributed by atoms with Gasteiger partial charge in [0.05, 0.1) is 12.7 Å². The van der Waals surface area contributed by atoms with Gasteiger partial charge in [-0.25, -0.2) is 4.39 Å². The Bertz CT molecular complexity index is 386. The highest BCUT2D eigenvalue weighted by Gasteiger charge is 2.25. The predicted molar refractivity (Wildman–Crippen MR) is 69.2 cm³/mol. The van der Waals surface area contributed by atoms with Crippen molar-refractivity contribution in [1.82, 2.24) is 0 Å². The van der Waals surface area contributed by atoms with E-state index in [9.17, 15) is 9.50 Å². The van der Waals surface area contributed by atoms with Crippen LogP contribution in [0.5, 0.6) is 0 Å². The number of aliphatic hydroxyl groups excluding tert-OH is 1. The van der Waals surface area contributed by atoms with E-state index in [1.165, 1.54) is 12.1 Å². The fraction of sp³-hybridized carbons (Fsp3) is 0.571. The van der Waals surface area contributed by atoms with Crippen LogP contribution in [0.2, 0.25) is 0 Å². The molecule has 1 saturated heterocycles. The van der Waals surface area contributed by atoms with Crippen LogP contribution in [0.3, 0.4) is 0 Å². The van der Waals surface area contributed by atoms with Crippen LogP contribution in [-0.4, -0.2) is 37.5 Å². The summed E-state index contributed by atoms with van der Waals surface area (Å²) in [6.07, 6.45) is 0.368. The largest absolute Gasteiger partial charge is 0.393 e. The molecule has 3 nitrogen and oxygen atoms in total. The normalized spacial score (nSPS) is 23.9. The summed E-state index contributed by atoms with van der Waals surface area (Å²) >= 11 is 0. The number of anilines is 1. The highest BCUT2D eigenvalue weighted by molar-refractivity contribution is 5.46. The second-order valence-corrected chi connectivity index (χ2v) is 4.71. The van der Waals surface area contributed by atoms with E-state index < -0.39 is 0 Å². The zero-order valence-corrected chi connectivity index (χ0v) is 10.7. The second kappa shape index (κ2) is 6.16. The summed E-state index contributed by atoms with van der Waals surface area (Å²) in [6, 6.07) is 6.57. The number of ether oxygens (including phenoxy) is 1. The van der Waals surface area contributed by atoms with E-state index in [2.05, 4.69) is 4.90 Å². The number of hydrogen-bond acceptors (Lipinski definition) is 3. The number of rotatable bonds is 4. The molecule has 2 unspecified atom stereocenters. The summed E-state index contributed by atoms with van der Waals surface area (Å²) in [5.74, 6) is -0.131. The third-order valence-electron chi connectivity index (χ3n) is 3.44. The minimum absolute atomic E-state index is 0.0990. The Morgan fingerprint density at radius 3 is 3.00 bits per heavy atom. The highest BCUT2D eigenvalue weighted by atomic mass is 19.1. The maximum absolute atomic E-state index is 13.2. The summed E-state index contributed by atoms with van der Waals surface area (Å²) in [6.45, 7) is 4.71. The lowest BCUT2D eigenvalue weighted by molar-refractivity contribution is -0.0322. The Kier molecular flexibility index (Phi) is 4.55. The van der Waals surface area contributed by atoms with Crippen LogP contribution in [0.4, 0.5) is 10.1 Å². The minimum atomic E-state index is -0.318. The Labute approximate surface area is 107 Å². The van der Waals surface area contributed by atoms with Gasteiger partial charge in [0.2, 0.25) is 0 Å².